The third-order valence-corrected chi connectivity index (χ3v) is 4.36. The standard InChI is InChI=1S/C18H24F3NO3/c1-16(2,3)25-15(24)17(22-11-5-4-6-12-22)9-7-13(8-10-17)14(23)18(19,20)21/h7-9H,4-6,10-12H2,1-3H3. The van der Waals surface area contributed by atoms with Crippen molar-refractivity contribution in [1.29, 1.82) is 0 Å². The Hall–Kier alpha value is -1.63. The van der Waals surface area contributed by atoms with Crippen LogP contribution in [0.25, 0.3) is 0 Å². The number of alkyl halides is 3. The van der Waals surface area contributed by atoms with Crippen LogP contribution in [0.4, 0.5) is 13.2 Å². The molecule has 0 saturated carbocycles. The van der Waals surface area contributed by atoms with Crippen molar-refractivity contribution in [3.05, 3.63) is 23.8 Å². The molecule has 1 heterocycles. The highest BCUT2D eigenvalue weighted by atomic mass is 19.4. The van der Waals surface area contributed by atoms with Gasteiger partial charge in [0, 0.05) is 5.57 Å². The lowest BCUT2D eigenvalue weighted by atomic mass is 9.84. The van der Waals surface area contributed by atoms with E-state index in [4.69, 9.17) is 4.74 Å². The molecule has 0 N–H and O–H groups in total. The number of esters is 1. The second kappa shape index (κ2) is 6.94. The average Bonchev–Trinajstić information content (AvgIpc) is 2.52. The lowest BCUT2D eigenvalue weighted by Crippen LogP contribution is -2.57. The molecule has 25 heavy (non-hydrogen) atoms. The summed E-state index contributed by atoms with van der Waals surface area (Å²) < 4.78 is 43.4. The van der Waals surface area contributed by atoms with Gasteiger partial charge in [-0.3, -0.25) is 9.69 Å². The van der Waals surface area contributed by atoms with Crippen molar-refractivity contribution in [3.63, 3.8) is 0 Å². The van der Waals surface area contributed by atoms with Crippen molar-refractivity contribution in [2.24, 2.45) is 0 Å². The third-order valence-electron chi connectivity index (χ3n) is 4.36. The summed E-state index contributed by atoms with van der Waals surface area (Å²) in [5.74, 6) is -2.38. The second-order valence-corrected chi connectivity index (χ2v) is 7.50. The molecule has 0 aromatic carbocycles. The van der Waals surface area contributed by atoms with E-state index < -0.39 is 34.6 Å². The van der Waals surface area contributed by atoms with E-state index in [1.54, 1.807) is 20.8 Å². The first-order valence-corrected chi connectivity index (χ1v) is 8.45. The van der Waals surface area contributed by atoms with E-state index in [9.17, 15) is 22.8 Å². The zero-order valence-corrected chi connectivity index (χ0v) is 14.8. The molecule has 2 rings (SSSR count). The van der Waals surface area contributed by atoms with Crippen LogP contribution in [-0.4, -0.2) is 47.1 Å². The zero-order chi connectivity index (χ0) is 18.9. The average molecular weight is 359 g/mol. The molecule has 7 heteroatoms. The summed E-state index contributed by atoms with van der Waals surface area (Å²) in [5.41, 5.74) is -2.29. The Morgan fingerprint density at radius 2 is 1.72 bits per heavy atom. The maximum absolute atomic E-state index is 12.9. The van der Waals surface area contributed by atoms with Crippen molar-refractivity contribution in [3.8, 4) is 0 Å². The molecule has 0 amide bonds. The summed E-state index contributed by atoms with van der Waals surface area (Å²) in [7, 11) is 0. The lowest BCUT2D eigenvalue weighted by molar-refractivity contribution is -0.168. The summed E-state index contributed by atoms with van der Waals surface area (Å²) >= 11 is 0. The maximum Gasteiger partial charge on any atom is 0.454 e. The van der Waals surface area contributed by atoms with Gasteiger partial charge in [-0.05, 0) is 53.1 Å². The number of Topliss-reactive ketones (excluding diaryl/α,β-unsaturated/α-hetero) is 1. The highest BCUT2D eigenvalue weighted by Gasteiger charge is 2.47. The molecule has 140 valence electrons. The van der Waals surface area contributed by atoms with Gasteiger partial charge in [0.25, 0.3) is 5.78 Å². The minimum atomic E-state index is -4.92. The van der Waals surface area contributed by atoms with Crippen molar-refractivity contribution in [2.45, 2.75) is 63.8 Å². The number of piperidine rings is 1. The highest BCUT2D eigenvalue weighted by molar-refractivity contribution is 6.02. The van der Waals surface area contributed by atoms with E-state index in [0.29, 0.717) is 13.1 Å². The van der Waals surface area contributed by atoms with Crippen LogP contribution in [0.15, 0.2) is 23.8 Å². The minimum Gasteiger partial charge on any atom is -0.458 e. The maximum atomic E-state index is 12.9. The number of ketones is 1. The first-order valence-electron chi connectivity index (χ1n) is 8.45. The third kappa shape index (κ3) is 4.51. The highest BCUT2D eigenvalue weighted by Crippen LogP contribution is 2.34. The first kappa shape index (κ1) is 19.7. The summed E-state index contributed by atoms with van der Waals surface area (Å²) in [6.45, 7) is 6.57. The summed E-state index contributed by atoms with van der Waals surface area (Å²) in [6.07, 6.45) is 1.67. The van der Waals surface area contributed by atoms with Crippen molar-refractivity contribution >= 4 is 11.8 Å². The molecule has 0 aromatic rings. The topological polar surface area (TPSA) is 46.6 Å². The zero-order valence-electron chi connectivity index (χ0n) is 14.8. The van der Waals surface area contributed by atoms with Gasteiger partial charge in [0.1, 0.15) is 11.1 Å². The van der Waals surface area contributed by atoms with E-state index in [2.05, 4.69) is 0 Å². The fourth-order valence-electron chi connectivity index (χ4n) is 3.14. The van der Waals surface area contributed by atoms with E-state index >= 15 is 0 Å². The van der Waals surface area contributed by atoms with Crippen LogP contribution < -0.4 is 0 Å². The molecule has 1 unspecified atom stereocenters. The first-order chi connectivity index (χ1) is 11.5. The number of nitrogens with zero attached hydrogens (tertiary/aromatic N) is 1. The summed E-state index contributed by atoms with van der Waals surface area (Å²) in [5, 5.41) is 0. The van der Waals surface area contributed by atoms with E-state index in [1.165, 1.54) is 12.2 Å². The van der Waals surface area contributed by atoms with Gasteiger partial charge < -0.3 is 4.74 Å². The Balaban J connectivity index is 2.30. The molecule has 1 fully saturated rings. The second-order valence-electron chi connectivity index (χ2n) is 7.50. The van der Waals surface area contributed by atoms with Gasteiger partial charge in [0.2, 0.25) is 0 Å². The van der Waals surface area contributed by atoms with Crippen LogP contribution in [0.1, 0.15) is 46.5 Å². The Morgan fingerprint density at radius 3 is 2.16 bits per heavy atom. The predicted octanol–water partition coefficient (Wildman–Crippen LogP) is 3.57. The SMILES string of the molecule is CC(C)(C)OC(=O)C1(N2CCCCC2)C=CC(C(=O)C(F)(F)F)=CC1. The number of likely N-dealkylation sites (tertiary alicyclic amines) is 1. The van der Waals surface area contributed by atoms with E-state index in [0.717, 1.165) is 25.3 Å². The number of hydrogen-bond acceptors (Lipinski definition) is 4. The Morgan fingerprint density at radius 1 is 1.12 bits per heavy atom. The fourth-order valence-corrected chi connectivity index (χ4v) is 3.14. The Bertz CT molecular complexity index is 596. The van der Waals surface area contributed by atoms with Gasteiger partial charge >= 0.3 is 12.1 Å². The number of halogens is 3. The molecular weight excluding hydrogens is 335 g/mol. The van der Waals surface area contributed by atoms with E-state index in [-0.39, 0.29) is 6.42 Å². The smallest absolute Gasteiger partial charge is 0.454 e. The Labute approximate surface area is 145 Å². The molecular formula is C18H24F3NO3. The van der Waals surface area contributed by atoms with Crippen molar-refractivity contribution in [2.75, 3.05) is 13.1 Å². The number of ether oxygens (including phenoxy) is 1. The summed E-state index contributed by atoms with van der Waals surface area (Å²) in [6, 6.07) is 0. The van der Waals surface area contributed by atoms with Crippen LogP contribution in [0.5, 0.6) is 0 Å². The summed E-state index contributed by atoms with van der Waals surface area (Å²) in [4.78, 5) is 26.2. The van der Waals surface area contributed by atoms with Crippen molar-refractivity contribution in [1.82, 2.24) is 4.90 Å². The van der Waals surface area contributed by atoms with Crippen molar-refractivity contribution < 1.29 is 27.5 Å². The lowest BCUT2D eigenvalue weighted by Gasteiger charge is -2.43. The molecule has 0 spiro atoms. The molecule has 0 radical (unpaired) electrons. The molecule has 1 aliphatic carbocycles. The van der Waals surface area contributed by atoms with E-state index in [1.807, 2.05) is 4.90 Å². The molecule has 1 atom stereocenters. The normalized spacial score (nSPS) is 25.4. The quantitative estimate of drug-likeness (QED) is 0.723. The largest absolute Gasteiger partial charge is 0.458 e. The van der Waals surface area contributed by atoms with Gasteiger partial charge in [-0.25, -0.2) is 4.79 Å². The van der Waals surface area contributed by atoms with Crippen LogP contribution in [-0.2, 0) is 14.3 Å². The van der Waals surface area contributed by atoms with Gasteiger partial charge in [-0.1, -0.05) is 24.6 Å². The van der Waals surface area contributed by atoms with Gasteiger partial charge in [-0.15, -0.1) is 0 Å². The molecule has 4 nitrogen and oxygen atoms in total. The number of allylic oxidation sites excluding steroid dienone is 2. The van der Waals surface area contributed by atoms with Gasteiger partial charge in [0.05, 0.1) is 0 Å². The molecule has 1 saturated heterocycles. The van der Waals surface area contributed by atoms with Gasteiger partial charge in [-0.2, -0.15) is 13.2 Å². The van der Waals surface area contributed by atoms with Crippen LogP contribution in [0.2, 0.25) is 0 Å². The fraction of sp³-hybridized carbons (Fsp3) is 0.667. The molecule has 0 aromatic heterocycles. The number of carbonyl (C=O) groups excluding carboxylic acids is 2. The van der Waals surface area contributed by atoms with Crippen LogP contribution >= 0.6 is 0 Å². The minimum absolute atomic E-state index is 0.00440. The van der Waals surface area contributed by atoms with Crippen LogP contribution in [0.3, 0.4) is 0 Å². The predicted molar refractivity (Wildman–Crippen MR) is 86.9 cm³/mol. The molecule has 2 aliphatic rings. The number of rotatable bonds is 3. The van der Waals surface area contributed by atoms with Gasteiger partial charge in [0.15, 0.2) is 0 Å². The molecule has 0 bridgehead atoms. The number of carbonyl (C=O) groups is 2. The van der Waals surface area contributed by atoms with Crippen LogP contribution in [0, 0.1) is 0 Å². The monoisotopic (exact) mass is 359 g/mol. The number of hydrogen-bond donors (Lipinski definition) is 0. The Kier molecular flexibility index (Phi) is 5.47. The molecule has 1 aliphatic heterocycles.